The second-order valence-corrected chi connectivity index (χ2v) is 6.16. The second kappa shape index (κ2) is 6.18. The first kappa shape index (κ1) is 15.2. The number of anilines is 1. The molecule has 120 valence electrons. The van der Waals surface area contributed by atoms with Gasteiger partial charge in [0.1, 0.15) is 5.75 Å². The Balaban J connectivity index is 1.76. The van der Waals surface area contributed by atoms with E-state index >= 15 is 0 Å². The lowest BCUT2D eigenvalue weighted by Gasteiger charge is -2.35. The quantitative estimate of drug-likeness (QED) is 0.508. The van der Waals surface area contributed by atoms with E-state index in [9.17, 15) is 0 Å². The van der Waals surface area contributed by atoms with E-state index in [4.69, 9.17) is 21.1 Å². The predicted octanol–water partition coefficient (Wildman–Crippen LogP) is 2.53. The van der Waals surface area contributed by atoms with Crippen LogP contribution in [0.3, 0.4) is 0 Å². The van der Waals surface area contributed by atoms with Crippen LogP contribution in [-0.4, -0.2) is 30.4 Å². The van der Waals surface area contributed by atoms with Gasteiger partial charge in [-0.05, 0) is 44.2 Å². The van der Waals surface area contributed by atoms with E-state index in [1.54, 1.807) is 12.1 Å². The van der Waals surface area contributed by atoms with E-state index < -0.39 is 0 Å². The van der Waals surface area contributed by atoms with Crippen LogP contribution in [0.1, 0.15) is 37.7 Å². The van der Waals surface area contributed by atoms with Gasteiger partial charge in [0, 0.05) is 18.4 Å². The number of para-hydroxylation sites is 1. The van der Waals surface area contributed by atoms with Crippen LogP contribution in [0.25, 0.3) is 6.08 Å². The number of nitrogens with zero attached hydrogens (tertiary/aromatic N) is 1. The molecule has 0 radical (unpaired) electrons. The largest absolute Gasteiger partial charge is 0.494 e. The van der Waals surface area contributed by atoms with Gasteiger partial charge in [0.2, 0.25) is 0 Å². The molecule has 22 heavy (non-hydrogen) atoms. The third-order valence-corrected chi connectivity index (χ3v) is 4.88. The minimum Gasteiger partial charge on any atom is -0.494 e. The van der Waals surface area contributed by atoms with Gasteiger partial charge in [-0.15, -0.1) is 0 Å². The molecule has 5 heteroatoms. The number of hydrogen-bond donors (Lipinski definition) is 2. The average molecular weight is 303 g/mol. The number of ether oxygens (including phenoxy) is 2. The monoisotopic (exact) mass is 303 g/mol. The Bertz CT molecular complexity index is 547. The fourth-order valence-corrected chi connectivity index (χ4v) is 3.83. The zero-order valence-corrected chi connectivity index (χ0v) is 13.1. The molecule has 2 aliphatic rings. The van der Waals surface area contributed by atoms with Gasteiger partial charge in [0.05, 0.1) is 24.4 Å². The molecule has 0 bridgehead atoms. The molecule has 1 spiro atoms. The molecule has 0 unspecified atom stereocenters. The molecule has 3 rings (SSSR count). The van der Waals surface area contributed by atoms with Crippen molar-refractivity contribution in [2.24, 2.45) is 5.84 Å². The molecular weight excluding hydrogens is 278 g/mol. The van der Waals surface area contributed by atoms with Gasteiger partial charge < -0.3 is 20.2 Å². The van der Waals surface area contributed by atoms with E-state index in [0.717, 1.165) is 37.9 Å². The molecule has 1 heterocycles. The highest BCUT2D eigenvalue weighted by atomic mass is 16.5. The number of hydrazine groups is 1. The van der Waals surface area contributed by atoms with Crippen molar-refractivity contribution in [2.45, 2.75) is 43.7 Å². The predicted molar refractivity (Wildman–Crippen MR) is 88.0 cm³/mol. The maximum absolute atomic E-state index is 6.31. The van der Waals surface area contributed by atoms with Crippen LogP contribution in [0.4, 0.5) is 5.69 Å². The Hall–Kier alpha value is -1.72. The lowest BCUT2D eigenvalue weighted by atomic mass is 9.93. The second-order valence-electron chi connectivity index (χ2n) is 6.16. The van der Waals surface area contributed by atoms with Crippen molar-refractivity contribution in [3.63, 3.8) is 0 Å². The van der Waals surface area contributed by atoms with Crippen molar-refractivity contribution >= 4 is 11.8 Å². The molecule has 1 saturated heterocycles. The molecule has 1 aliphatic carbocycles. The molecule has 1 aromatic rings. The fraction of sp³-hybridized carbons (Fsp3) is 0.529. The normalized spacial score (nSPS) is 27.8. The molecule has 1 aromatic carbocycles. The van der Waals surface area contributed by atoms with Crippen LogP contribution < -0.4 is 16.3 Å². The topological polar surface area (TPSA) is 73.7 Å². The third-order valence-electron chi connectivity index (χ3n) is 4.88. The summed E-state index contributed by atoms with van der Waals surface area (Å²) < 4.78 is 11.4. The summed E-state index contributed by atoms with van der Waals surface area (Å²) >= 11 is 0. The number of nitrogen functional groups attached to an aromatic ring is 1. The zero-order chi connectivity index (χ0) is 15.6. The van der Waals surface area contributed by atoms with Gasteiger partial charge in [-0.2, -0.15) is 0 Å². The van der Waals surface area contributed by atoms with Crippen LogP contribution in [0.5, 0.6) is 5.75 Å². The summed E-state index contributed by atoms with van der Waals surface area (Å²) in [5.41, 5.74) is 7.45. The number of rotatable bonds is 4. The van der Waals surface area contributed by atoms with Crippen LogP contribution in [0, 0.1) is 0 Å². The SMILES string of the molecule is COc1c(N)cccc1/C=C/N(N)[C@@H]1CCC[C@]12CCCO2. The smallest absolute Gasteiger partial charge is 0.149 e. The molecular formula is C17H25N3O2. The minimum absolute atomic E-state index is 0.0428. The van der Waals surface area contributed by atoms with Crippen molar-refractivity contribution < 1.29 is 9.47 Å². The number of benzene rings is 1. The molecule has 0 amide bonds. The summed E-state index contributed by atoms with van der Waals surface area (Å²) in [6.07, 6.45) is 9.48. The van der Waals surface area contributed by atoms with Crippen LogP contribution >= 0.6 is 0 Å². The minimum atomic E-state index is -0.0428. The highest BCUT2D eigenvalue weighted by Crippen LogP contribution is 2.43. The van der Waals surface area contributed by atoms with Gasteiger partial charge in [-0.25, -0.2) is 5.84 Å². The average Bonchev–Trinajstić information content (AvgIpc) is 3.15. The summed E-state index contributed by atoms with van der Waals surface area (Å²) in [5, 5.41) is 1.81. The Kier molecular flexibility index (Phi) is 4.27. The van der Waals surface area contributed by atoms with Crippen LogP contribution in [-0.2, 0) is 4.74 Å². The molecule has 2 atom stereocenters. The van der Waals surface area contributed by atoms with E-state index in [2.05, 4.69) is 0 Å². The van der Waals surface area contributed by atoms with Crippen molar-refractivity contribution in [1.29, 1.82) is 0 Å². The van der Waals surface area contributed by atoms with Crippen LogP contribution in [0.15, 0.2) is 24.4 Å². The molecule has 0 aromatic heterocycles. The molecule has 1 aliphatic heterocycles. The Labute approximate surface area is 131 Å². The fourth-order valence-electron chi connectivity index (χ4n) is 3.83. The number of nitrogens with two attached hydrogens (primary N) is 2. The first-order valence-electron chi connectivity index (χ1n) is 7.94. The molecule has 2 fully saturated rings. The van der Waals surface area contributed by atoms with Crippen molar-refractivity contribution in [1.82, 2.24) is 5.01 Å². The lowest BCUT2D eigenvalue weighted by molar-refractivity contribution is -0.0377. The summed E-state index contributed by atoms with van der Waals surface area (Å²) in [6, 6.07) is 5.96. The third kappa shape index (κ3) is 2.66. The van der Waals surface area contributed by atoms with Crippen molar-refractivity contribution in [3.8, 4) is 5.75 Å². The first-order chi connectivity index (χ1) is 10.7. The van der Waals surface area contributed by atoms with Gasteiger partial charge in [0.25, 0.3) is 0 Å². The molecule has 1 saturated carbocycles. The van der Waals surface area contributed by atoms with Gasteiger partial charge in [0.15, 0.2) is 0 Å². The van der Waals surface area contributed by atoms with E-state index in [1.165, 1.54) is 6.42 Å². The Morgan fingerprint density at radius 1 is 1.36 bits per heavy atom. The van der Waals surface area contributed by atoms with Gasteiger partial charge >= 0.3 is 0 Å². The highest BCUT2D eigenvalue weighted by molar-refractivity contribution is 5.67. The Morgan fingerprint density at radius 3 is 2.91 bits per heavy atom. The highest BCUT2D eigenvalue weighted by Gasteiger charge is 2.47. The van der Waals surface area contributed by atoms with E-state index in [-0.39, 0.29) is 11.6 Å². The number of methoxy groups -OCH3 is 1. The van der Waals surface area contributed by atoms with Crippen molar-refractivity contribution in [3.05, 3.63) is 30.0 Å². The number of hydrogen-bond acceptors (Lipinski definition) is 5. The maximum Gasteiger partial charge on any atom is 0.149 e. The summed E-state index contributed by atoms with van der Waals surface area (Å²) in [7, 11) is 1.63. The zero-order valence-electron chi connectivity index (χ0n) is 13.1. The molecule has 4 N–H and O–H groups in total. The van der Waals surface area contributed by atoms with E-state index in [0.29, 0.717) is 11.4 Å². The summed E-state index contributed by atoms with van der Waals surface area (Å²) in [6.45, 7) is 0.858. The van der Waals surface area contributed by atoms with Gasteiger partial charge in [-0.3, -0.25) is 0 Å². The lowest BCUT2D eigenvalue weighted by Crippen LogP contribution is -2.49. The summed E-state index contributed by atoms with van der Waals surface area (Å²) in [5.74, 6) is 6.99. The maximum atomic E-state index is 6.31. The van der Waals surface area contributed by atoms with Gasteiger partial charge in [-0.1, -0.05) is 12.1 Å². The van der Waals surface area contributed by atoms with Crippen LogP contribution in [0.2, 0.25) is 0 Å². The Morgan fingerprint density at radius 2 is 2.18 bits per heavy atom. The van der Waals surface area contributed by atoms with Crippen molar-refractivity contribution in [2.75, 3.05) is 19.5 Å². The standard InChI is InChI=1S/C17H25N3O2/c1-21-16-13(5-2-6-14(16)18)8-11-20(19)15-7-3-9-17(15)10-4-12-22-17/h2,5-6,8,11,15H,3-4,7,9-10,12,18-19H2,1H3/b11-8+/t15-,17+/m1/s1. The summed E-state index contributed by atoms with van der Waals surface area (Å²) in [4.78, 5) is 0. The first-order valence-corrected chi connectivity index (χ1v) is 7.94. The molecule has 5 nitrogen and oxygen atoms in total. The van der Waals surface area contributed by atoms with E-state index in [1.807, 2.05) is 30.5 Å².